The molecule has 2 rings (SSSR count). The lowest BCUT2D eigenvalue weighted by atomic mass is 10.1. The van der Waals surface area contributed by atoms with E-state index in [1.165, 1.54) is 6.20 Å². The standard InChI is InChI=1S/C11H7F3N2S/c1-5-4-15-11(17)16-10(5)6-2-7(12)9(14)8(13)3-6/h2-4H,1H3,(H,15,16,17). The van der Waals surface area contributed by atoms with Gasteiger partial charge in [-0.1, -0.05) is 0 Å². The van der Waals surface area contributed by atoms with Gasteiger partial charge in [-0.2, -0.15) is 0 Å². The van der Waals surface area contributed by atoms with Gasteiger partial charge >= 0.3 is 0 Å². The Hall–Kier alpha value is -1.69. The van der Waals surface area contributed by atoms with Crippen LogP contribution in [0.4, 0.5) is 13.2 Å². The molecule has 0 unspecified atom stereocenters. The average Bonchev–Trinajstić information content (AvgIpc) is 2.28. The normalized spacial score (nSPS) is 10.6. The number of aromatic amines is 1. The Morgan fingerprint density at radius 2 is 1.76 bits per heavy atom. The van der Waals surface area contributed by atoms with Gasteiger partial charge in [-0.3, -0.25) is 0 Å². The zero-order valence-electron chi connectivity index (χ0n) is 8.72. The molecule has 0 saturated carbocycles. The summed E-state index contributed by atoms with van der Waals surface area (Å²) in [7, 11) is 0. The van der Waals surface area contributed by atoms with Crippen LogP contribution in [0, 0.1) is 29.1 Å². The number of hydrogen-bond donors (Lipinski definition) is 1. The van der Waals surface area contributed by atoms with Crippen molar-refractivity contribution < 1.29 is 13.2 Å². The lowest BCUT2D eigenvalue weighted by molar-refractivity contribution is 0.447. The van der Waals surface area contributed by atoms with Gasteiger partial charge in [-0.15, -0.1) is 0 Å². The van der Waals surface area contributed by atoms with Gasteiger partial charge in [0.2, 0.25) is 0 Å². The molecule has 88 valence electrons. The molecule has 2 nitrogen and oxygen atoms in total. The number of H-pyrrole nitrogens is 1. The summed E-state index contributed by atoms with van der Waals surface area (Å²) in [6.45, 7) is 1.70. The van der Waals surface area contributed by atoms with Crippen LogP contribution in [-0.2, 0) is 0 Å². The molecular formula is C11H7F3N2S. The minimum Gasteiger partial charge on any atom is -0.330 e. The lowest BCUT2D eigenvalue weighted by Gasteiger charge is -2.06. The van der Waals surface area contributed by atoms with Gasteiger partial charge in [0.25, 0.3) is 0 Å². The number of nitrogens with zero attached hydrogens (tertiary/aromatic N) is 1. The molecule has 0 amide bonds. The summed E-state index contributed by atoms with van der Waals surface area (Å²) in [5.41, 5.74) is 1.26. The van der Waals surface area contributed by atoms with Crippen LogP contribution in [0.2, 0.25) is 0 Å². The molecule has 0 bridgehead atoms. The number of aryl methyl sites for hydroxylation is 1. The molecule has 0 atom stereocenters. The highest BCUT2D eigenvalue weighted by molar-refractivity contribution is 7.71. The maximum absolute atomic E-state index is 13.1. The number of rotatable bonds is 1. The summed E-state index contributed by atoms with van der Waals surface area (Å²) in [6.07, 6.45) is 1.48. The van der Waals surface area contributed by atoms with E-state index in [-0.39, 0.29) is 10.3 Å². The lowest BCUT2D eigenvalue weighted by Crippen LogP contribution is -1.96. The van der Waals surface area contributed by atoms with E-state index in [1.54, 1.807) is 6.92 Å². The molecule has 1 aromatic heterocycles. The van der Waals surface area contributed by atoms with Gasteiger partial charge in [-0.25, -0.2) is 18.2 Å². The van der Waals surface area contributed by atoms with Gasteiger partial charge in [0.1, 0.15) is 0 Å². The summed E-state index contributed by atoms with van der Waals surface area (Å²) in [5, 5.41) is 0. The SMILES string of the molecule is Cc1cnc(=S)[nH]c1-c1cc(F)c(F)c(F)c1. The van der Waals surface area contributed by atoms with Crippen LogP contribution in [-0.4, -0.2) is 9.97 Å². The maximum Gasteiger partial charge on any atom is 0.197 e. The summed E-state index contributed by atoms with van der Waals surface area (Å²) >= 11 is 4.82. The van der Waals surface area contributed by atoms with E-state index in [0.717, 1.165) is 12.1 Å². The van der Waals surface area contributed by atoms with E-state index < -0.39 is 17.5 Å². The first kappa shape index (κ1) is 11.8. The molecule has 17 heavy (non-hydrogen) atoms. The second kappa shape index (κ2) is 4.29. The molecule has 0 aliphatic heterocycles. The van der Waals surface area contributed by atoms with E-state index in [4.69, 9.17) is 12.2 Å². The van der Waals surface area contributed by atoms with Crippen LogP contribution >= 0.6 is 12.2 Å². The first-order chi connectivity index (χ1) is 7.99. The first-order valence-corrected chi connectivity index (χ1v) is 5.10. The predicted molar refractivity (Wildman–Crippen MR) is 59.5 cm³/mol. The summed E-state index contributed by atoms with van der Waals surface area (Å²) in [4.78, 5) is 6.54. The van der Waals surface area contributed by atoms with Crippen molar-refractivity contribution in [1.82, 2.24) is 9.97 Å². The van der Waals surface area contributed by atoms with Gasteiger partial charge in [-0.05, 0) is 36.8 Å². The molecule has 0 aliphatic rings. The molecular weight excluding hydrogens is 249 g/mol. The molecule has 6 heteroatoms. The summed E-state index contributed by atoms with van der Waals surface area (Å²) < 4.78 is 39.2. The number of aromatic nitrogens is 2. The number of benzene rings is 1. The van der Waals surface area contributed by atoms with E-state index in [1.807, 2.05) is 0 Å². The fourth-order valence-corrected chi connectivity index (χ4v) is 1.61. The molecule has 0 aliphatic carbocycles. The van der Waals surface area contributed by atoms with E-state index in [2.05, 4.69) is 9.97 Å². The predicted octanol–water partition coefficient (Wildman–Crippen LogP) is 3.53. The third-order valence-electron chi connectivity index (χ3n) is 2.27. The second-order valence-electron chi connectivity index (χ2n) is 3.50. The van der Waals surface area contributed by atoms with Gasteiger partial charge in [0.05, 0.1) is 5.69 Å². The third kappa shape index (κ3) is 2.21. The second-order valence-corrected chi connectivity index (χ2v) is 3.89. The highest BCUT2D eigenvalue weighted by atomic mass is 32.1. The third-order valence-corrected chi connectivity index (χ3v) is 2.48. The van der Waals surface area contributed by atoms with Crippen LogP contribution in [0.3, 0.4) is 0 Å². The molecule has 1 N–H and O–H groups in total. The van der Waals surface area contributed by atoms with Crippen LogP contribution in [0.5, 0.6) is 0 Å². The minimum absolute atomic E-state index is 0.187. The molecule has 1 heterocycles. The van der Waals surface area contributed by atoms with E-state index in [0.29, 0.717) is 11.3 Å². The van der Waals surface area contributed by atoms with Gasteiger partial charge < -0.3 is 4.98 Å². The molecule has 2 aromatic rings. The summed E-state index contributed by atoms with van der Waals surface area (Å²) in [6, 6.07) is 1.82. The fourth-order valence-electron chi connectivity index (χ4n) is 1.46. The number of hydrogen-bond acceptors (Lipinski definition) is 2. The topological polar surface area (TPSA) is 28.7 Å². The Labute approximate surface area is 100 Å². The van der Waals surface area contributed by atoms with Crippen molar-refractivity contribution in [3.63, 3.8) is 0 Å². The Balaban J connectivity index is 2.69. The molecule has 0 radical (unpaired) electrons. The van der Waals surface area contributed by atoms with Crippen molar-refractivity contribution in [3.8, 4) is 11.3 Å². The van der Waals surface area contributed by atoms with Crippen molar-refractivity contribution in [2.45, 2.75) is 6.92 Å². The molecule has 0 fully saturated rings. The number of halogens is 3. The zero-order valence-corrected chi connectivity index (χ0v) is 9.54. The van der Waals surface area contributed by atoms with Crippen molar-refractivity contribution in [3.05, 3.63) is 46.1 Å². The van der Waals surface area contributed by atoms with Crippen LogP contribution < -0.4 is 0 Å². The van der Waals surface area contributed by atoms with Crippen LogP contribution in [0.25, 0.3) is 11.3 Å². The first-order valence-electron chi connectivity index (χ1n) is 4.70. The molecule has 0 saturated heterocycles. The smallest absolute Gasteiger partial charge is 0.197 e. The van der Waals surface area contributed by atoms with Gasteiger partial charge in [0.15, 0.2) is 22.2 Å². The highest BCUT2D eigenvalue weighted by Crippen LogP contribution is 2.24. The molecule has 1 aromatic carbocycles. The zero-order chi connectivity index (χ0) is 12.6. The Kier molecular flexibility index (Phi) is 2.97. The quantitative estimate of drug-likeness (QED) is 0.624. The van der Waals surface area contributed by atoms with Crippen molar-refractivity contribution in [2.75, 3.05) is 0 Å². The van der Waals surface area contributed by atoms with Crippen molar-refractivity contribution >= 4 is 12.2 Å². The Morgan fingerprint density at radius 1 is 1.18 bits per heavy atom. The van der Waals surface area contributed by atoms with Crippen LogP contribution in [0.15, 0.2) is 18.3 Å². The van der Waals surface area contributed by atoms with E-state index in [9.17, 15) is 13.2 Å². The van der Waals surface area contributed by atoms with Crippen molar-refractivity contribution in [1.29, 1.82) is 0 Å². The minimum atomic E-state index is -1.49. The summed E-state index contributed by atoms with van der Waals surface area (Å²) in [5.74, 6) is -3.97. The van der Waals surface area contributed by atoms with E-state index >= 15 is 0 Å². The van der Waals surface area contributed by atoms with Crippen molar-refractivity contribution in [2.24, 2.45) is 0 Å². The average molecular weight is 256 g/mol. The maximum atomic E-state index is 13.1. The Morgan fingerprint density at radius 3 is 2.35 bits per heavy atom. The monoisotopic (exact) mass is 256 g/mol. The van der Waals surface area contributed by atoms with Gasteiger partial charge in [0, 0.05) is 11.8 Å². The fraction of sp³-hybridized carbons (Fsp3) is 0.0909. The highest BCUT2D eigenvalue weighted by Gasteiger charge is 2.13. The number of nitrogens with one attached hydrogen (secondary N) is 1. The van der Waals surface area contributed by atoms with Crippen LogP contribution in [0.1, 0.15) is 5.56 Å². The molecule has 0 spiro atoms. The Bertz CT molecular complexity index is 614. The largest absolute Gasteiger partial charge is 0.330 e.